The molecule has 1 heterocycles. The Bertz CT molecular complexity index is 363. The first-order chi connectivity index (χ1) is 9.11. The number of amides is 1. The van der Waals surface area contributed by atoms with Crippen LogP contribution in [-0.4, -0.2) is 41.1 Å². The monoisotopic (exact) mass is 282 g/mol. The molecule has 4 heteroatoms. The summed E-state index contributed by atoms with van der Waals surface area (Å²) in [6.07, 6.45) is 3.09. The van der Waals surface area contributed by atoms with E-state index in [0.717, 1.165) is 19.3 Å². The summed E-state index contributed by atoms with van der Waals surface area (Å²) in [6, 6.07) is 0.166. The van der Waals surface area contributed by atoms with Gasteiger partial charge in [0.2, 0.25) is 5.91 Å². The molecule has 4 nitrogen and oxygen atoms in total. The van der Waals surface area contributed by atoms with Gasteiger partial charge >= 0.3 is 0 Å². The minimum atomic E-state index is -0.280. The number of morpholine rings is 1. The van der Waals surface area contributed by atoms with Gasteiger partial charge in [-0.2, -0.15) is 0 Å². The Labute approximate surface area is 123 Å². The number of rotatable bonds is 1. The molecule has 20 heavy (non-hydrogen) atoms. The lowest BCUT2D eigenvalue weighted by atomic mass is 9.76. The van der Waals surface area contributed by atoms with Crippen LogP contribution in [0.2, 0.25) is 0 Å². The van der Waals surface area contributed by atoms with Crippen molar-refractivity contribution in [2.24, 2.45) is 17.6 Å². The van der Waals surface area contributed by atoms with E-state index < -0.39 is 0 Å². The maximum Gasteiger partial charge on any atom is 0.226 e. The van der Waals surface area contributed by atoms with E-state index in [1.54, 1.807) is 0 Å². The number of nitrogens with two attached hydrogens (primary N) is 1. The summed E-state index contributed by atoms with van der Waals surface area (Å²) in [7, 11) is 0. The topological polar surface area (TPSA) is 55.6 Å². The number of carbonyl (C=O) groups excluding carboxylic acids is 1. The molecule has 2 N–H and O–H groups in total. The van der Waals surface area contributed by atoms with E-state index in [9.17, 15) is 4.79 Å². The summed E-state index contributed by atoms with van der Waals surface area (Å²) in [4.78, 5) is 14.9. The van der Waals surface area contributed by atoms with E-state index >= 15 is 0 Å². The highest BCUT2D eigenvalue weighted by atomic mass is 16.5. The first-order valence-corrected chi connectivity index (χ1v) is 7.86. The van der Waals surface area contributed by atoms with E-state index in [2.05, 4.69) is 34.6 Å². The Morgan fingerprint density at radius 3 is 2.25 bits per heavy atom. The molecule has 2 fully saturated rings. The molecule has 0 aromatic carbocycles. The number of hydrogen-bond acceptors (Lipinski definition) is 3. The molecule has 0 spiro atoms. The van der Waals surface area contributed by atoms with Gasteiger partial charge in [-0.3, -0.25) is 4.79 Å². The van der Waals surface area contributed by atoms with Crippen LogP contribution in [0.15, 0.2) is 0 Å². The minimum Gasteiger partial charge on any atom is -0.366 e. The van der Waals surface area contributed by atoms with Gasteiger partial charge in [0.1, 0.15) is 0 Å². The summed E-state index contributed by atoms with van der Waals surface area (Å²) in [6.45, 7) is 11.7. The van der Waals surface area contributed by atoms with Crippen molar-refractivity contribution in [1.29, 1.82) is 0 Å². The van der Waals surface area contributed by atoms with Gasteiger partial charge in [-0.1, -0.05) is 13.3 Å². The molecule has 1 amide bonds. The van der Waals surface area contributed by atoms with Crippen LogP contribution in [0, 0.1) is 11.8 Å². The van der Waals surface area contributed by atoms with Crippen molar-refractivity contribution in [3.05, 3.63) is 0 Å². The summed E-state index contributed by atoms with van der Waals surface area (Å²) >= 11 is 0. The second kappa shape index (κ2) is 5.30. The highest BCUT2D eigenvalue weighted by Crippen LogP contribution is 2.34. The quantitative estimate of drug-likeness (QED) is 0.802. The molecule has 0 aromatic rings. The Hall–Kier alpha value is -0.610. The van der Waals surface area contributed by atoms with Gasteiger partial charge in [-0.05, 0) is 46.5 Å². The average molecular weight is 282 g/mol. The molecule has 3 atom stereocenters. The number of nitrogens with zero attached hydrogens (tertiary/aromatic N) is 1. The lowest BCUT2D eigenvalue weighted by Crippen LogP contribution is -2.60. The van der Waals surface area contributed by atoms with Gasteiger partial charge in [0, 0.05) is 25.0 Å². The van der Waals surface area contributed by atoms with Crippen LogP contribution in [0.5, 0.6) is 0 Å². The number of hydrogen-bond donors (Lipinski definition) is 1. The molecule has 2 aliphatic rings. The van der Waals surface area contributed by atoms with Gasteiger partial charge in [-0.15, -0.1) is 0 Å². The predicted molar refractivity (Wildman–Crippen MR) is 80.3 cm³/mol. The fourth-order valence-electron chi connectivity index (χ4n) is 3.92. The maximum atomic E-state index is 12.9. The fourth-order valence-corrected chi connectivity index (χ4v) is 3.92. The summed E-state index contributed by atoms with van der Waals surface area (Å²) in [5.41, 5.74) is 5.59. The largest absolute Gasteiger partial charge is 0.366 e. The van der Waals surface area contributed by atoms with E-state index in [1.165, 1.54) is 0 Å². The molecule has 1 saturated carbocycles. The van der Waals surface area contributed by atoms with E-state index in [-0.39, 0.29) is 35.0 Å². The normalized spacial score (nSPS) is 36.7. The Morgan fingerprint density at radius 2 is 1.70 bits per heavy atom. The molecule has 2 rings (SSSR count). The Morgan fingerprint density at radius 1 is 1.15 bits per heavy atom. The third kappa shape index (κ3) is 3.34. The molecule has 0 bridgehead atoms. The van der Waals surface area contributed by atoms with Crippen LogP contribution in [0.4, 0.5) is 0 Å². The highest BCUT2D eigenvalue weighted by Gasteiger charge is 2.43. The Kier molecular flexibility index (Phi) is 4.18. The summed E-state index contributed by atoms with van der Waals surface area (Å²) in [5.74, 6) is 0.644. The van der Waals surface area contributed by atoms with Crippen molar-refractivity contribution in [3.8, 4) is 0 Å². The molecule has 3 unspecified atom stereocenters. The van der Waals surface area contributed by atoms with Crippen LogP contribution in [0.25, 0.3) is 0 Å². The standard InChI is InChI=1S/C16H30N2O2/c1-11-12(7-6-8-13(11)17)14(19)18-9-15(2,3)20-16(4,5)10-18/h11-13H,6-10,17H2,1-5H3. The molecule has 0 aromatic heterocycles. The molecule has 0 radical (unpaired) electrons. The average Bonchev–Trinajstić information content (AvgIpc) is 2.28. The molecular formula is C16H30N2O2. The molecule has 1 aliphatic carbocycles. The number of carbonyl (C=O) groups is 1. The molecule has 1 saturated heterocycles. The second-order valence-electron chi connectivity index (χ2n) is 7.88. The first-order valence-electron chi connectivity index (χ1n) is 7.86. The van der Waals surface area contributed by atoms with Crippen molar-refractivity contribution >= 4 is 5.91 Å². The van der Waals surface area contributed by atoms with Gasteiger partial charge in [-0.25, -0.2) is 0 Å². The van der Waals surface area contributed by atoms with Crippen LogP contribution in [0.3, 0.4) is 0 Å². The van der Waals surface area contributed by atoms with Crippen LogP contribution >= 0.6 is 0 Å². The first kappa shape index (κ1) is 15.8. The zero-order chi connectivity index (χ0) is 15.1. The minimum absolute atomic E-state index is 0.0865. The lowest BCUT2D eigenvalue weighted by Gasteiger charge is -2.48. The SMILES string of the molecule is CC1C(N)CCCC1C(=O)N1CC(C)(C)OC(C)(C)C1. The van der Waals surface area contributed by atoms with E-state index in [4.69, 9.17) is 10.5 Å². The molecule has 116 valence electrons. The third-order valence-electron chi connectivity index (χ3n) is 4.69. The second-order valence-corrected chi connectivity index (χ2v) is 7.88. The van der Waals surface area contributed by atoms with Gasteiger partial charge in [0.25, 0.3) is 0 Å². The van der Waals surface area contributed by atoms with Crippen molar-refractivity contribution < 1.29 is 9.53 Å². The zero-order valence-corrected chi connectivity index (χ0v) is 13.6. The molecular weight excluding hydrogens is 252 g/mol. The van der Waals surface area contributed by atoms with Gasteiger partial charge in [0.05, 0.1) is 11.2 Å². The third-order valence-corrected chi connectivity index (χ3v) is 4.69. The molecule has 1 aliphatic heterocycles. The highest BCUT2D eigenvalue weighted by molar-refractivity contribution is 5.79. The maximum absolute atomic E-state index is 12.9. The van der Waals surface area contributed by atoms with Gasteiger partial charge < -0.3 is 15.4 Å². The number of ether oxygens (including phenoxy) is 1. The van der Waals surface area contributed by atoms with Crippen LogP contribution in [-0.2, 0) is 9.53 Å². The predicted octanol–water partition coefficient (Wildman–Crippen LogP) is 2.17. The zero-order valence-electron chi connectivity index (χ0n) is 13.6. The van der Waals surface area contributed by atoms with Crippen LogP contribution in [0.1, 0.15) is 53.9 Å². The van der Waals surface area contributed by atoms with Crippen molar-refractivity contribution in [3.63, 3.8) is 0 Å². The van der Waals surface area contributed by atoms with Crippen molar-refractivity contribution in [2.75, 3.05) is 13.1 Å². The summed E-state index contributed by atoms with van der Waals surface area (Å²) < 4.78 is 6.06. The lowest BCUT2D eigenvalue weighted by molar-refractivity contribution is -0.191. The van der Waals surface area contributed by atoms with Crippen LogP contribution < -0.4 is 5.73 Å². The van der Waals surface area contributed by atoms with E-state index in [0.29, 0.717) is 13.1 Å². The van der Waals surface area contributed by atoms with Crippen molar-refractivity contribution in [2.45, 2.75) is 71.1 Å². The smallest absolute Gasteiger partial charge is 0.226 e. The summed E-state index contributed by atoms with van der Waals surface area (Å²) in [5, 5.41) is 0. The Balaban J connectivity index is 2.12. The van der Waals surface area contributed by atoms with E-state index in [1.807, 2.05) is 4.90 Å². The van der Waals surface area contributed by atoms with Gasteiger partial charge in [0.15, 0.2) is 0 Å². The van der Waals surface area contributed by atoms with Crippen molar-refractivity contribution in [1.82, 2.24) is 4.90 Å². The fraction of sp³-hybridized carbons (Fsp3) is 0.938.